The third-order valence-electron chi connectivity index (χ3n) is 2.81. The van der Waals surface area contributed by atoms with Crippen molar-refractivity contribution >= 4 is 7.12 Å². The summed E-state index contributed by atoms with van der Waals surface area (Å²) in [7, 11) is -0.214. The molecule has 1 saturated heterocycles. The summed E-state index contributed by atoms with van der Waals surface area (Å²) in [5.41, 5.74) is -0.288. The smallest absolute Gasteiger partial charge is 0.406 e. The Bertz CT molecular complexity index is 255. The zero-order valence-corrected chi connectivity index (χ0v) is 11.0. The lowest BCUT2D eigenvalue weighted by molar-refractivity contribution is -0.0786. The molecular weight excluding hydrogens is 199 g/mol. The third-order valence-corrected chi connectivity index (χ3v) is 2.81. The van der Waals surface area contributed by atoms with Crippen molar-refractivity contribution in [1.29, 1.82) is 0 Å². The maximum atomic E-state index is 5.97. The van der Waals surface area contributed by atoms with Crippen LogP contribution in [-0.2, 0) is 9.31 Å². The first-order valence-corrected chi connectivity index (χ1v) is 5.89. The molecule has 0 N–H and O–H groups in total. The van der Waals surface area contributed by atoms with Gasteiger partial charge in [0, 0.05) is 12.2 Å². The van der Waals surface area contributed by atoms with E-state index >= 15 is 0 Å². The maximum absolute atomic E-state index is 5.97. The van der Waals surface area contributed by atoms with Gasteiger partial charge in [0.05, 0.1) is 11.2 Å². The quantitative estimate of drug-likeness (QED) is 0.534. The van der Waals surface area contributed by atoms with Crippen LogP contribution < -0.4 is 0 Å². The van der Waals surface area contributed by atoms with E-state index in [1.165, 1.54) is 0 Å². The van der Waals surface area contributed by atoms with Crippen LogP contribution in [0.15, 0.2) is 25.3 Å². The van der Waals surface area contributed by atoms with Crippen LogP contribution in [0, 0.1) is 0 Å². The highest BCUT2D eigenvalue weighted by Crippen LogP contribution is 2.37. The molecule has 0 spiro atoms. The van der Waals surface area contributed by atoms with Gasteiger partial charge in [-0.2, -0.15) is 0 Å². The van der Waals surface area contributed by atoms with Gasteiger partial charge in [0.25, 0.3) is 0 Å². The molecule has 0 saturated carbocycles. The Hall–Kier alpha value is -0.535. The lowest BCUT2D eigenvalue weighted by Gasteiger charge is -2.45. The molecule has 0 aromatic heterocycles. The van der Waals surface area contributed by atoms with E-state index in [1.807, 2.05) is 12.2 Å². The van der Waals surface area contributed by atoms with E-state index in [2.05, 4.69) is 40.9 Å². The van der Waals surface area contributed by atoms with Gasteiger partial charge in [0.15, 0.2) is 0 Å². The molecule has 2 nitrogen and oxygen atoms in total. The average Bonchev–Trinajstić information content (AvgIpc) is 2.08. The van der Waals surface area contributed by atoms with Gasteiger partial charge in [-0.1, -0.05) is 12.2 Å². The minimum atomic E-state index is -0.214. The minimum absolute atomic E-state index is 0.144. The van der Waals surface area contributed by atoms with E-state index in [9.17, 15) is 0 Å². The third kappa shape index (κ3) is 3.50. The summed E-state index contributed by atoms with van der Waals surface area (Å²) in [6.07, 6.45) is 5.51. The molecule has 3 heteroatoms. The van der Waals surface area contributed by atoms with Crippen molar-refractivity contribution in [1.82, 2.24) is 0 Å². The first-order valence-electron chi connectivity index (χ1n) is 5.89. The molecule has 0 amide bonds. The van der Waals surface area contributed by atoms with E-state index < -0.39 is 0 Å². The highest BCUT2D eigenvalue weighted by atomic mass is 16.6. The van der Waals surface area contributed by atoms with Crippen LogP contribution in [0.25, 0.3) is 0 Å². The fraction of sp³-hybridized carbons (Fsp3) is 0.692. The summed E-state index contributed by atoms with van der Waals surface area (Å²) in [5, 5.41) is 0. The van der Waals surface area contributed by atoms with Crippen LogP contribution in [0.1, 0.15) is 40.5 Å². The van der Waals surface area contributed by atoms with Crippen LogP contribution >= 0.6 is 0 Å². The fourth-order valence-electron chi connectivity index (χ4n) is 2.45. The Balaban J connectivity index is 2.79. The first kappa shape index (κ1) is 13.5. The first-order chi connectivity index (χ1) is 7.29. The minimum Gasteiger partial charge on any atom is -0.406 e. The van der Waals surface area contributed by atoms with Gasteiger partial charge in [0.1, 0.15) is 0 Å². The van der Waals surface area contributed by atoms with Gasteiger partial charge in [0.2, 0.25) is 0 Å². The van der Waals surface area contributed by atoms with E-state index in [1.54, 1.807) is 0 Å². The number of rotatable bonds is 4. The van der Waals surface area contributed by atoms with Gasteiger partial charge in [-0.15, -0.1) is 13.2 Å². The molecule has 0 radical (unpaired) electrons. The largest absolute Gasteiger partial charge is 0.465 e. The second kappa shape index (κ2) is 4.76. The Morgan fingerprint density at radius 2 is 1.69 bits per heavy atom. The summed E-state index contributed by atoms with van der Waals surface area (Å²) >= 11 is 0. The lowest BCUT2D eigenvalue weighted by atomic mass is 9.66. The number of hydrogen-bond donors (Lipinski definition) is 0. The van der Waals surface area contributed by atoms with Crippen LogP contribution in [0.3, 0.4) is 0 Å². The second-order valence-corrected chi connectivity index (χ2v) is 5.72. The van der Waals surface area contributed by atoms with E-state index in [4.69, 9.17) is 9.31 Å². The van der Waals surface area contributed by atoms with Crippen molar-refractivity contribution in [2.75, 3.05) is 0 Å². The normalized spacial score (nSPS) is 24.9. The summed E-state index contributed by atoms with van der Waals surface area (Å²) < 4.78 is 11.9. The summed E-state index contributed by atoms with van der Waals surface area (Å²) in [5.74, 6) is 0.177. The zero-order chi connectivity index (χ0) is 12.4. The highest BCUT2D eigenvalue weighted by molar-refractivity contribution is 6.47. The standard InChI is InChI=1S/C13H23BO2/c1-7-9-11(8-2)14-15-12(3,4)10-13(5,6)16-14/h7-8,11H,1-2,9-10H2,3-6H3. The molecule has 1 heterocycles. The van der Waals surface area contributed by atoms with Gasteiger partial charge >= 0.3 is 7.12 Å². The van der Waals surface area contributed by atoms with Crippen LogP contribution in [0.5, 0.6) is 0 Å². The van der Waals surface area contributed by atoms with Gasteiger partial charge in [-0.3, -0.25) is 0 Å². The second-order valence-electron chi connectivity index (χ2n) is 5.72. The van der Waals surface area contributed by atoms with Crippen molar-refractivity contribution in [3.63, 3.8) is 0 Å². The van der Waals surface area contributed by atoms with Gasteiger partial charge < -0.3 is 9.31 Å². The monoisotopic (exact) mass is 222 g/mol. The van der Waals surface area contributed by atoms with E-state index in [0.29, 0.717) is 0 Å². The molecule has 1 aliphatic rings. The fourth-order valence-corrected chi connectivity index (χ4v) is 2.45. The van der Waals surface area contributed by atoms with Gasteiger partial charge in [-0.25, -0.2) is 0 Å². The summed E-state index contributed by atoms with van der Waals surface area (Å²) in [6.45, 7) is 16.0. The maximum Gasteiger partial charge on any atom is 0.465 e. The molecule has 1 unspecified atom stereocenters. The Kier molecular flexibility index (Phi) is 4.03. The molecule has 16 heavy (non-hydrogen) atoms. The molecule has 0 aromatic rings. The molecule has 0 aliphatic carbocycles. The SMILES string of the molecule is C=CCC(C=C)B1OC(C)(C)CC(C)(C)O1. The van der Waals surface area contributed by atoms with E-state index in [-0.39, 0.29) is 24.1 Å². The molecule has 0 aromatic carbocycles. The number of hydrogen-bond acceptors (Lipinski definition) is 2. The topological polar surface area (TPSA) is 18.5 Å². The van der Waals surface area contributed by atoms with E-state index in [0.717, 1.165) is 12.8 Å². The van der Waals surface area contributed by atoms with Crippen molar-refractivity contribution in [2.45, 2.75) is 57.6 Å². The van der Waals surface area contributed by atoms with Crippen LogP contribution in [0.2, 0.25) is 5.82 Å². The summed E-state index contributed by atoms with van der Waals surface area (Å²) in [6, 6.07) is 0. The molecule has 1 rings (SSSR count). The molecular formula is C13H23BO2. The van der Waals surface area contributed by atoms with Crippen molar-refractivity contribution in [3.05, 3.63) is 25.3 Å². The molecule has 1 aliphatic heterocycles. The van der Waals surface area contributed by atoms with Crippen molar-refractivity contribution in [2.24, 2.45) is 0 Å². The van der Waals surface area contributed by atoms with Crippen LogP contribution in [0.4, 0.5) is 0 Å². The Morgan fingerprint density at radius 3 is 2.06 bits per heavy atom. The number of allylic oxidation sites excluding steroid dienone is 2. The Labute approximate surface area is 99.9 Å². The summed E-state index contributed by atoms with van der Waals surface area (Å²) in [4.78, 5) is 0. The molecule has 1 fully saturated rings. The van der Waals surface area contributed by atoms with Crippen molar-refractivity contribution < 1.29 is 9.31 Å². The van der Waals surface area contributed by atoms with Crippen molar-refractivity contribution in [3.8, 4) is 0 Å². The molecule has 0 bridgehead atoms. The Morgan fingerprint density at radius 1 is 1.19 bits per heavy atom. The van der Waals surface area contributed by atoms with Gasteiger partial charge in [-0.05, 0) is 34.1 Å². The molecule has 1 atom stereocenters. The average molecular weight is 222 g/mol. The predicted molar refractivity (Wildman–Crippen MR) is 69.5 cm³/mol. The predicted octanol–water partition coefficient (Wildman–Crippen LogP) is 3.60. The highest BCUT2D eigenvalue weighted by Gasteiger charge is 2.45. The zero-order valence-electron chi connectivity index (χ0n) is 11.0. The van der Waals surface area contributed by atoms with Crippen LogP contribution in [-0.4, -0.2) is 18.3 Å². The molecule has 90 valence electrons. The lowest BCUT2D eigenvalue weighted by Crippen LogP contribution is -2.52.